The Morgan fingerprint density at radius 1 is 1.00 bits per heavy atom. The molecule has 1 heterocycles. The fourth-order valence-corrected chi connectivity index (χ4v) is 2.57. The molecule has 124 valence electrons. The van der Waals surface area contributed by atoms with E-state index < -0.39 is 0 Å². The van der Waals surface area contributed by atoms with Gasteiger partial charge in [-0.05, 0) is 42.8 Å². The Balaban J connectivity index is 1.47. The van der Waals surface area contributed by atoms with Crippen LogP contribution in [0.1, 0.15) is 19.3 Å². The minimum absolute atomic E-state index is 0.137. The Morgan fingerprint density at radius 2 is 1.75 bits per heavy atom. The van der Waals surface area contributed by atoms with Crippen molar-refractivity contribution in [3.8, 4) is 11.5 Å². The Bertz CT molecular complexity index is 697. The number of para-hydroxylation sites is 1. The molecule has 1 aliphatic heterocycles. The quantitative estimate of drug-likeness (QED) is 0.604. The first-order valence-corrected chi connectivity index (χ1v) is 8.01. The van der Waals surface area contributed by atoms with E-state index in [1.54, 1.807) is 29.2 Å². The van der Waals surface area contributed by atoms with Gasteiger partial charge < -0.3 is 14.4 Å². The number of carbonyl (C=O) groups is 2. The number of carbonyl (C=O) groups excluding carboxylic acids is 2. The highest BCUT2D eigenvalue weighted by Gasteiger charge is 2.21. The number of hydrogen-bond donors (Lipinski definition) is 0. The molecule has 0 saturated carbocycles. The second-order valence-corrected chi connectivity index (χ2v) is 5.53. The van der Waals surface area contributed by atoms with Crippen LogP contribution in [0.3, 0.4) is 0 Å². The van der Waals surface area contributed by atoms with Crippen molar-refractivity contribution in [2.24, 2.45) is 0 Å². The molecule has 0 aliphatic carbocycles. The predicted molar refractivity (Wildman–Crippen MR) is 90.2 cm³/mol. The zero-order chi connectivity index (χ0) is 16.8. The van der Waals surface area contributed by atoms with Gasteiger partial charge in [0.2, 0.25) is 5.91 Å². The van der Waals surface area contributed by atoms with Crippen molar-refractivity contribution < 1.29 is 19.1 Å². The van der Waals surface area contributed by atoms with Crippen LogP contribution < -0.4 is 14.4 Å². The second-order valence-electron chi connectivity index (χ2n) is 5.53. The Morgan fingerprint density at radius 3 is 2.42 bits per heavy atom. The summed E-state index contributed by atoms with van der Waals surface area (Å²) in [4.78, 5) is 25.3. The van der Waals surface area contributed by atoms with Gasteiger partial charge in [-0.2, -0.15) is 0 Å². The molecule has 0 spiro atoms. The summed E-state index contributed by atoms with van der Waals surface area (Å²) in [6, 6.07) is 16.3. The normalized spacial score (nSPS) is 13.8. The summed E-state index contributed by atoms with van der Waals surface area (Å²) in [5.74, 6) is 0.980. The zero-order valence-electron chi connectivity index (χ0n) is 13.3. The molecule has 5 heteroatoms. The van der Waals surface area contributed by atoms with Crippen LogP contribution in [0.15, 0.2) is 54.6 Å². The Labute approximate surface area is 140 Å². The average Bonchev–Trinajstić information content (AvgIpc) is 3.03. The molecule has 0 radical (unpaired) electrons. The summed E-state index contributed by atoms with van der Waals surface area (Å²) < 4.78 is 10.7. The average molecular weight is 325 g/mol. The van der Waals surface area contributed by atoms with Crippen LogP contribution >= 0.6 is 0 Å². The van der Waals surface area contributed by atoms with Gasteiger partial charge in [0.25, 0.3) is 0 Å². The summed E-state index contributed by atoms with van der Waals surface area (Å²) in [5.41, 5.74) is 0.838. The standard InChI is InChI=1S/C19H19NO4/c21-18-7-4-13-20(18)15-8-10-17(11-9-15)24-19(22)12-14-23-16-5-2-1-3-6-16/h1-3,5-6,8-11H,4,7,12-14H2. The number of hydrogen-bond acceptors (Lipinski definition) is 4. The smallest absolute Gasteiger partial charge is 0.314 e. The molecule has 0 atom stereocenters. The first-order valence-electron chi connectivity index (χ1n) is 8.01. The first-order chi connectivity index (χ1) is 11.7. The molecule has 0 unspecified atom stereocenters. The lowest BCUT2D eigenvalue weighted by Crippen LogP contribution is -2.23. The van der Waals surface area contributed by atoms with E-state index in [0.717, 1.165) is 24.4 Å². The monoisotopic (exact) mass is 325 g/mol. The van der Waals surface area contributed by atoms with Crippen LogP contribution in [-0.2, 0) is 9.59 Å². The predicted octanol–water partition coefficient (Wildman–Crippen LogP) is 3.19. The van der Waals surface area contributed by atoms with Crippen molar-refractivity contribution in [2.45, 2.75) is 19.3 Å². The summed E-state index contributed by atoms with van der Waals surface area (Å²) in [7, 11) is 0. The highest BCUT2D eigenvalue weighted by atomic mass is 16.5. The third-order valence-electron chi connectivity index (χ3n) is 3.77. The number of rotatable bonds is 6. The molecule has 0 N–H and O–H groups in total. The Hall–Kier alpha value is -2.82. The van der Waals surface area contributed by atoms with Crippen LogP contribution in [0, 0.1) is 0 Å². The third kappa shape index (κ3) is 4.13. The maximum absolute atomic E-state index is 11.8. The number of nitrogens with zero attached hydrogens (tertiary/aromatic N) is 1. The van der Waals surface area contributed by atoms with Crippen molar-refractivity contribution in [2.75, 3.05) is 18.1 Å². The Kier molecular flexibility index (Phi) is 5.11. The molecule has 2 aromatic rings. The van der Waals surface area contributed by atoms with Gasteiger partial charge in [-0.1, -0.05) is 18.2 Å². The lowest BCUT2D eigenvalue weighted by molar-refractivity contribution is -0.134. The first kappa shape index (κ1) is 16.1. The van der Waals surface area contributed by atoms with Crippen molar-refractivity contribution in [1.82, 2.24) is 0 Å². The van der Waals surface area contributed by atoms with Crippen molar-refractivity contribution in [3.05, 3.63) is 54.6 Å². The number of ether oxygens (including phenoxy) is 2. The number of amides is 1. The van der Waals surface area contributed by atoms with Crippen LogP contribution in [0.2, 0.25) is 0 Å². The summed E-state index contributed by atoms with van der Waals surface area (Å²) in [6.07, 6.45) is 1.65. The van der Waals surface area contributed by atoms with E-state index in [0.29, 0.717) is 12.2 Å². The van der Waals surface area contributed by atoms with Gasteiger partial charge in [-0.3, -0.25) is 9.59 Å². The number of esters is 1. The highest BCUT2D eigenvalue weighted by molar-refractivity contribution is 5.95. The lowest BCUT2D eigenvalue weighted by Gasteiger charge is -2.15. The molecule has 1 amide bonds. The molecule has 2 aromatic carbocycles. The van der Waals surface area contributed by atoms with Gasteiger partial charge in [0.05, 0.1) is 13.0 Å². The van der Waals surface area contributed by atoms with E-state index in [1.807, 2.05) is 30.3 Å². The summed E-state index contributed by atoms with van der Waals surface area (Å²) in [5, 5.41) is 0. The van der Waals surface area contributed by atoms with Gasteiger partial charge >= 0.3 is 5.97 Å². The van der Waals surface area contributed by atoms with E-state index in [-0.39, 0.29) is 24.9 Å². The van der Waals surface area contributed by atoms with E-state index in [9.17, 15) is 9.59 Å². The van der Waals surface area contributed by atoms with Crippen LogP contribution in [0.5, 0.6) is 11.5 Å². The molecule has 1 saturated heterocycles. The SMILES string of the molecule is O=C(CCOc1ccccc1)Oc1ccc(N2CCCC2=O)cc1. The van der Waals surface area contributed by atoms with Crippen LogP contribution in [-0.4, -0.2) is 25.0 Å². The lowest BCUT2D eigenvalue weighted by atomic mass is 10.3. The van der Waals surface area contributed by atoms with Gasteiger partial charge in [-0.15, -0.1) is 0 Å². The van der Waals surface area contributed by atoms with Crippen molar-refractivity contribution in [1.29, 1.82) is 0 Å². The molecular weight excluding hydrogens is 306 g/mol. The second kappa shape index (κ2) is 7.64. The molecule has 1 fully saturated rings. The highest BCUT2D eigenvalue weighted by Crippen LogP contribution is 2.24. The van der Waals surface area contributed by atoms with E-state index in [2.05, 4.69) is 0 Å². The minimum Gasteiger partial charge on any atom is -0.493 e. The van der Waals surface area contributed by atoms with Gasteiger partial charge in [0, 0.05) is 18.7 Å². The molecule has 3 rings (SSSR count). The van der Waals surface area contributed by atoms with Gasteiger partial charge in [0.1, 0.15) is 11.5 Å². The summed E-state index contributed by atoms with van der Waals surface area (Å²) >= 11 is 0. The van der Waals surface area contributed by atoms with Crippen molar-refractivity contribution >= 4 is 17.6 Å². The maximum atomic E-state index is 11.8. The molecule has 0 aromatic heterocycles. The van der Waals surface area contributed by atoms with E-state index >= 15 is 0 Å². The largest absolute Gasteiger partial charge is 0.493 e. The van der Waals surface area contributed by atoms with Gasteiger partial charge in [0.15, 0.2) is 0 Å². The zero-order valence-corrected chi connectivity index (χ0v) is 13.3. The molecule has 24 heavy (non-hydrogen) atoms. The van der Waals surface area contributed by atoms with E-state index in [4.69, 9.17) is 9.47 Å². The fraction of sp³-hybridized carbons (Fsp3) is 0.263. The van der Waals surface area contributed by atoms with E-state index in [1.165, 1.54) is 0 Å². The molecular formula is C19H19NO4. The minimum atomic E-state index is -0.351. The number of anilines is 1. The number of benzene rings is 2. The van der Waals surface area contributed by atoms with Crippen molar-refractivity contribution in [3.63, 3.8) is 0 Å². The van der Waals surface area contributed by atoms with Gasteiger partial charge in [-0.25, -0.2) is 0 Å². The fourth-order valence-electron chi connectivity index (χ4n) is 2.57. The summed E-state index contributed by atoms with van der Waals surface area (Å²) in [6.45, 7) is 1.01. The van der Waals surface area contributed by atoms with Crippen LogP contribution in [0.25, 0.3) is 0 Å². The molecule has 0 bridgehead atoms. The maximum Gasteiger partial charge on any atom is 0.314 e. The third-order valence-corrected chi connectivity index (χ3v) is 3.77. The molecule has 1 aliphatic rings. The topological polar surface area (TPSA) is 55.8 Å². The molecule has 5 nitrogen and oxygen atoms in total. The van der Waals surface area contributed by atoms with Crippen LogP contribution in [0.4, 0.5) is 5.69 Å².